The SMILES string of the molecule is CCCc1nc(Cl)cc(Oc2c(OC)cccc2OC)n1. The molecule has 21 heavy (non-hydrogen) atoms. The van der Waals surface area contributed by atoms with Crippen molar-refractivity contribution in [3.05, 3.63) is 35.2 Å². The molecule has 0 aliphatic carbocycles. The van der Waals surface area contributed by atoms with Gasteiger partial charge in [0.15, 0.2) is 11.5 Å². The van der Waals surface area contributed by atoms with Gasteiger partial charge in [-0.2, -0.15) is 4.98 Å². The first-order chi connectivity index (χ1) is 10.2. The van der Waals surface area contributed by atoms with Crippen LogP contribution in [0.25, 0.3) is 0 Å². The third-order valence-electron chi connectivity index (χ3n) is 2.78. The van der Waals surface area contributed by atoms with Crippen LogP contribution < -0.4 is 14.2 Å². The third-order valence-corrected chi connectivity index (χ3v) is 2.97. The number of nitrogens with zero attached hydrogens (tertiary/aromatic N) is 2. The van der Waals surface area contributed by atoms with E-state index < -0.39 is 0 Å². The van der Waals surface area contributed by atoms with Crippen LogP contribution in [0.1, 0.15) is 19.2 Å². The van der Waals surface area contributed by atoms with E-state index in [1.807, 2.05) is 13.0 Å². The Hall–Kier alpha value is -2.01. The van der Waals surface area contributed by atoms with Crippen molar-refractivity contribution in [3.8, 4) is 23.1 Å². The summed E-state index contributed by atoms with van der Waals surface area (Å²) in [6, 6.07) is 6.95. The predicted octanol–water partition coefficient (Wildman–Crippen LogP) is 3.89. The lowest BCUT2D eigenvalue weighted by Crippen LogP contribution is -2.00. The molecule has 0 aliphatic rings. The molecule has 0 unspecified atom stereocenters. The lowest BCUT2D eigenvalue weighted by Gasteiger charge is -2.13. The Morgan fingerprint density at radius 3 is 2.33 bits per heavy atom. The smallest absolute Gasteiger partial charge is 0.224 e. The first kappa shape index (κ1) is 15.4. The molecule has 0 aliphatic heterocycles. The maximum atomic E-state index is 6.01. The summed E-state index contributed by atoms with van der Waals surface area (Å²) in [6.45, 7) is 2.05. The summed E-state index contributed by atoms with van der Waals surface area (Å²) in [5.74, 6) is 2.58. The number of ether oxygens (including phenoxy) is 3. The second-order valence-electron chi connectivity index (χ2n) is 4.29. The van der Waals surface area contributed by atoms with Gasteiger partial charge < -0.3 is 14.2 Å². The maximum Gasteiger partial charge on any atom is 0.224 e. The summed E-state index contributed by atoms with van der Waals surface area (Å²) < 4.78 is 16.4. The van der Waals surface area contributed by atoms with Crippen LogP contribution in [0, 0.1) is 0 Å². The summed E-state index contributed by atoms with van der Waals surface area (Å²) in [5, 5.41) is 0.345. The number of hydrogen-bond donors (Lipinski definition) is 0. The van der Waals surface area contributed by atoms with Crippen LogP contribution in [0.15, 0.2) is 24.3 Å². The molecule has 1 aromatic carbocycles. The van der Waals surface area contributed by atoms with Crippen molar-refractivity contribution in [1.29, 1.82) is 0 Å². The van der Waals surface area contributed by atoms with Gasteiger partial charge in [-0.3, -0.25) is 0 Å². The number of para-hydroxylation sites is 1. The van der Waals surface area contributed by atoms with Gasteiger partial charge in [0, 0.05) is 12.5 Å². The molecule has 0 bridgehead atoms. The minimum atomic E-state index is 0.345. The molecule has 0 amide bonds. The van der Waals surface area contributed by atoms with E-state index in [2.05, 4.69) is 9.97 Å². The standard InChI is InChI=1S/C15H17ClN2O3/c1-4-6-13-17-12(16)9-14(18-13)21-15-10(19-2)7-5-8-11(15)20-3/h5,7-9H,4,6H2,1-3H3. The van der Waals surface area contributed by atoms with Crippen LogP contribution in [-0.4, -0.2) is 24.2 Å². The van der Waals surface area contributed by atoms with Gasteiger partial charge in [0.05, 0.1) is 14.2 Å². The Morgan fingerprint density at radius 2 is 1.76 bits per heavy atom. The zero-order chi connectivity index (χ0) is 15.2. The molecule has 2 rings (SSSR count). The molecule has 0 saturated heterocycles. The van der Waals surface area contributed by atoms with Crippen molar-refractivity contribution in [2.24, 2.45) is 0 Å². The van der Waals surface area contributed by atoms with E-state index in [0.29, 0.717) is 34.1 Å². The fourth-order valence-corrected chi connectivity index (χ4v) is 2.04. The molecule has 0 radical (unpaired) electrons. The topological polar surface area (TPSA) is 53.5 Å². The highest BCUT2D eigenvalue weighted by molar-refractivity contribution is 6.29. The monoisotopic (exact) mass is 308 g/mol. The van der Waals surface area contributed by atoms with Crippen LogP contribution in [-0.2, 0) is 6.42 Å². The summed E-state index contributed by atoms with van der Waals surface area (Å²) in [4.78, 5) is 8.50. The second-order valence-corrected chi connectivity index (χ2v) is 4.68. The van der Waals surface area contributed by atoms with E-state index in [0.717, 1.165) is 12.8 Å². The van der Waals surface area contributed by atoms with Crippen molar-refractivity contribution >= 4 is 11.6 Å². The Balaban J connectivity index is 2.37. The van der Waals surface area contributed by atoms with E-state index in [1.165, 1.54) is 0 Å². The highest BCUT2D eigenvalue weighted by atomic mass is 35.5. The highest BCUT2D eigenvalue weighted by Crippen LogP contribution is 2.39. The molecule has 112 valence electrons. The highest BCUT2D eigenvalue weighted by Gasteiger charge is 2.14. The average Bonchev–Trinajstić information content (AvgIpc) is 2.47. The lowest BCUT2D eigenvalue weighted by atomic mass is 10.3. The fourth-order valence-electron chi connectivity index (χ4n) is 1.85. The normalized spacial score (nSPS) is 10.3. The molecule has 2 aromatic rings. The first-order valence-corrected chi connectivity index (χ1v) is 6.98. The Morgan fingerprint density at radius 1 is 1.10 bits per heavy atom. The van der Waals surface area contributed by atoms with E-state index in [-0.39, 0.29) is 0 Å². The van der Waals surface area contributed by atoms with Gasteiger partial charge in [0.1, 0.15) is 11.0 Å². The van der Waals surface area contributed by atoms with Crippen molar-refractivity contribution < 1.29 is 14.2 Å². The number of aromatic nitrogens is 2. The fraction of sp³-hybridized carbons (Fsp3) is 0.333. The Kier molecular flexibility index (Phi) is 5.22. The van der Waals surface area contributed by atoms with Crippen molar-refractivity contribution in [2.45, 2.75) is 19.8 Å². The minimum absolute atomic E-state index is 0.345. The molecule has 6 heteroatoms. The molecular formula is C15H17ClN2O3. The number of halogens is 1. The first-order valence-electron chi connectivity index (χ1n) is 6.60. The molecule has 0 fully saturated rings. The molecular weight excluding hydrogens is 292 g/mol. The summed E-state index contributed by atoms with van der Waals surface area (Å²) >= 11 is 6.01. The average molecular weight is 309 g/mol. The minimum Gasteiger partial charge on any atom is -0.493 e. The molecule has 5 nitrogen and oxygen atoms in total. The van der Waals surface area contributed by atoms with Crippen LogP contribution in [0.2, 0.25) is 5.15 Å². The summed E-state index contributed by atoms with van der Waals surface area (Å²) in [7, 11) is 3.13. The molecule has 0 saturated carbocycles. The number of hydrogen-bond acceptors (Lipinski definition) is 5. The zero-order valence-corrected chi connectivity index (χ0v) is 13.0. The van der Waals surface area contributed by atoms with Gasteiger partial charge in [0.2, 0.25) is 11.6 Å². The van der Waals surface area contributed by atoms with Gasteiger partial charge in [0.25, 0.3) is 0 Å². The third kappa shape index (κ3) is 3.76. The van der Waals surface area contributed by atoms with Crippen LogP contribution in [0.5, 0.6) is 23.1 Å². The van der Waals surface area contributed by atoms with E-state index in [1.54, 1.807) is 32.4 Å². The molecule has 0 N–H and O–H groups in total. The summed E-state index contributed by atoms with van der Waals surface area (Å²) in [6.07, 6.45) is 1.66. The maximum absolute atomic E-state index is 6.01. The predicted molar refractivity (Wildman–Crippen MR) is 80.7 cm³/mol. The molecule has 1 heterocycles. The van der Waals surface area contributed by atoms with E-state index >= 15 is 0 Å². The van der Waals surface area contributed by atoms with Crippen molar-refractivity contribution in [1.82, 2.24) is 9.97 Å². The second kappa shape index (κ2) is 7.13. The van der Waals surface area contributed by atoms with Crippen molar-refractivity contribution in [2.75, 3.05) is 14.2 Å². The van der Waals surface area contributed by atoms with Crippen LogP contribution in [0.3, 0.4) is 0 Å². The van der Waals surface area contributed by atoms with Gasteiger partial charge in [-0.15, -0.1) is 0 Å². The quantitative estimate of drug-likeness (QED) is 0.758. The number of benzene rings is 1. The largest absolute Gasteiger partial charge is 0.493 e. The summed E-state index contributed by atoms with van der Waals surface area (Å²) in [5.41, 5.74) is 0. The number of rotatable bonds is 6. The van der Waals surface area contributed by atoms with Crippen LogP contribution in [0.4, 0.5) is 0 Å². The van der Waals surface area contributed by atoms with Gasteiger partial charge in [-0.1, -0.05) is 24.6 Å². The number of aryl methyl sites for hydroxylation is 1. The van der Waals surface area contributed by atoms with E-state index in [4.69, 9.17) is 25.8 Å². The van der Waals surface area contributed by atoms with Gasteiger partial charge in [-0.25, -0.2) is 4.98 Å². The van der Waals surface area contributed by atoms with E-state index in [9.17, 15) is 0 Å². The van der Waals surface area contributed by atoms with Gasteiger partial charge >= 0.3 is 0 Å². The van der Waals surface area contributed by atoms with Crippen LogP contribution >= 0.6 is 11.6 Å². The molecule has 0 spiro atoms. The Labute approximate surface area is 128 Å². The Bertz CT molecular complexity index is 598. The zero-order valence-electron chi connectivity index (χ0n) is 12.2. The lowest BCUT2D eigenvalue weighted by molar-refractivity contribution is 0.341. The van der Waals surface area contributed by atoms with Crippen molar-refractivity contribution in [3.63, 3.8) is 0 Å². The number of methoxy groups -OCH3 is 2. The van der Waals surface area contributed by atoms with Gasteiger partial charge in [-0.05, 0) is 18.6 Å². The molecule has 0 atom stereocenters. The molecule has 1 aromatic heterocycles.